The number of epoxide rings is 1. The molecule has 334 valence electrons. The highest BCUT2D eigenvalue weighted by atomic mass is 28.4. The molecule has 2 aliphatic rings. The second kappa shape index (κ2) is 20.1. The van der Waals surface area contributed by atoms with Crippen molar-refractivity contribution in [2.45, 2.75) is 167 Å². The van der Waals surface area contributed by atoms with Gasteiger partial charge in [0.1, 0.15) is 23.9 Å². The van der Waals surface area contributed by atoms with Gasteiger partial charge in [-0.25, -0.2) is 4.79 Å². The molecule has 16 nitrogen and oxygen atoms in total. The van der Waals surface area contributed by atoms with Gasteiger partial charge in [0.05, 0.1) is 51.8 Å². The van der Waals surface area contributed by atoms with Crippen molar-refractivity contribution in [2.75, 3.05) is 0 Å². The number of nitro benzene ring substituents is 2. The zero-order valence-corrected chi connectivity index (χ0v) is 38.0. The lowest BCUT2D eigenvalue weighted by Crippen LogP contribution is -2.46. The predicted molar refractivity (Wildman–Crippen MR) is 225 cm³/mol. The van der Waals surface area contributed by atoms with E-state index in [1.165, 1.54) is 6.92 Å². The minimum atomic E-state index is -2.34. The van der Waals surface area contributed by atoms with Gasteiger partial charge >= 0.3 is 17.9 Å². The molecule has 2 N–H and O–H groups in total. The van der Waals surface area contributed by atoms with E-state index in [2.05, 4.69) is 33.9 Å². The number of ether oxygens (including phenoxy) is 4. The van der Waals surface area contributed by atoms with Crippen molar-refractivity contribution in [3.63, 3.8) is 0 Å². The molecule has 0 bridgehead atoms. The van der Waals surface area contributed by atoms with E-state index in [1.54, 1.807) is 58.1 Å². The third-order valence-electron chi connectivity index (χ3n) is 11.7. The van der Waals surface area contributed by atoms with Crippen LogP contribution < -0.4 is 0 Å². The lowest BCUT2D eigenvalue weighted by atomic mass is 9.88. The van der Waals surface area contributed by atoms with Gasteiger partial charge in [0, 0.05) is 37.3 Å². The molecule has 3 rings (SSSR count). The first-order valence-electron chi connectivity index (χ1n) is 20.4. The molecular formula is C43H64N2O14Si. The number of nitrogens with zero attached hydrogens (tertiary/aromatic N) is 2. The Morgan fingerprint density at radius 2 is 1.68 bits per heavy atom. The summed E-state index contributed by atoms with van der Waals surface area (Å²) in [5, 5.41) is 45.4. The molecule has 0 aliphatic carbocycles. The molecule has 60 heavy (non-hydrogen) atoms. The minimum absolute atomic E-state index is 0.0397. The van der Waals surface area contributed by atoms with Crippen molar-refractivity contribution in [1.82, 2.24) is 0 Å². The van der Waals surface area contributed by atoms with E-state index in [0.717, 1.165) is 18.2 Å². The highest BCUT2D eigenvalue weighted by molar-refractivity contribution is 6.74. The van der Waals surface area contributed by atoms with Crippen LogP contribution in [-0.4, -0.2) is 94.1 Å². The van der Waals surface area contributed by atoms with Crippen molar-refractivity contribution in [3.05, 3.63) is 79.9 Å². The van der Waals surface area contributed by atoms with Gasteiger partial charge < -0.3 is 33.6 Å². The number of esters is 3. The largest absolute Gasteiger partial charge is 0.458 e. The van der Waals surface area contributed by atoms with Crippen molar-refractivity contribution in [3.8, 4) is 0 Å². The van der Waals surface area contributed by atoms with Gasteiger partial charge in [0.15, 0.2) is 8.32 Å². The second-order valence-corrected chi connectivity index (χ2v) is 23.0. The highest BCUT2D eigenvalue weighted by Gasteiger charge is 2.48. The van der Waals surface area contributed by atoms with E-state index >= 15 is 0 Å². The highest BCUT2D eigenvalue weighted by Crippen LogP contribution is 2.40. The number of cyclic esters (lactones) is 1. The zero-order valence-electron chi connectivity index (χ0n) is 37.0. The summed E-state index contributed by atoms with van der Waals surface area (Å²) in [7, 11) is -2.34. The van der Waals surface area contributed by atoms with E-state index < -0.39 is 95.1 Å². The first kappa shape index (κ1) is 50.1. The fraction of sp³-hybridized carbons (Fsp3) is 0.651. The molecule has 0 radical (unpaired) electrons. The van der Waals surface area contributed by atoms with Crippen LogP contribution >= 0.6 is 0 Å². The molecule has 1 saturated heterocycles. The number of non-ortho nitro benzene ring substituents is 2. The Morgan fingerprint density at radius 1 is 1.08 bits per heavy atom. The number of allylic oxidation sites excluding steroid dienone is 2. The number of hydrogen-bond donors (Lipinski definition) is 2. The van der Waals surface area contributed by atoms with Gasteiger partial charge in [-0.3, -0.25) is 29.8 Å². The van der Waals surface area contributed by atoms with Crippen molar-refractivity contribution in [2.24, 2.45) is 11.8 Å². The lowest BCUT2D eigenvalue weighted by Gasteiger charge is -2.40. The fourth-order valence-corrected chi connectivity index (χ4v) is 8.36. The fourth-order valence-electron chi connectivity index (χ4n) is 6.98. The average Bonchev–Trinajstić information content (AvgIpc) is 3.89. The first-order chi connectivity index (χ1) is 27.6. The van der Waals surface area contributed by atoms with Gasteiger partial charge in [-0.15, -0.1) is 0 Å². The Kier molecular flexibility index (Phi) is 16.7. The number of carbonyl (C=O) groups excluding carboxylic acids is 3. The summed E-state index contributed by atoms with van der Waals surface area (Å²) in [6.45, 7) is 22.3. The molecule has 0 saturated carbocycles. The van der Waals surface area contributed by atoms with Gasteiger partial charge in [0.2, 0.25) is 0 Å². The number of aliphatic hydroxyl groups is 2. The summed E-state index contributed by atoms with van der Waals surface area (Å²) in [4.78, 5) is 59.6. The van der Waals surface area contributed by atoms with E-state index in [0.29, 0.717) is 18.4 Å². The Balaban J connectivity index is 1.76. The molecule has 0 aromatic heterocycles. The molecule has 0 amide bonds. The summed E-state index contributed by atoms with van der Waals surface area (Å²) in [5.41, 5.74) is -3.66. The van der Waals surface area contributed by atoms with Crippen LogP contribution in [0.15, 0.2) is 54.2 Å². The quantitative estimate of drug-likeness (QED) is 0.0250. The Morgan fingerprint density at radius 3 is 2.22 bits per heavy atom. The maximum Gasteiger partial charge on any atom is 0.338 e. The molecular weight excluding hydrogens is 797 g/mol. The number of carbonyl (C=O) groups is 3. The van der Waals surface area contributed by atoms with Crippen LogP contribution in [0.3, 0.4) is 0 Å². The third-order valence-corrected chi connectivity index (χ3v) is 16.2. The molecule has 1 fully saturated rings. The second-order valence-electron chi connectivity index (χ2n) is 18.2. The number of hydrogen-bond acceptors (Lipinski definition) is 14. The van der Waals surface area contributed by atoms with Crippen molar-refractivity contribution in [1.29, 1.82) is 0 Å². The summed E-state index contributed by atoms with van der Waals surface area (Å²) in [6.07, 6.45) is 5.71. The first-order valence-corrected chi connectivity index (χ1v) is 23.3. The van der Waals surface area contributed by atoms with E-state index in [-0.39, 0.29) is 41.9 Å². The summed E-state index contributed by atoms with van der Waals surface area (Å²) >= 11 is 0. The van der Waals surface area contributed by atoms with Gasteiger partial charge in [-0.05, 0) is 69.8 Å². The molecule has 2 heterocycles. The smallest absolute Gasteiger partial charge is 0.338 e. The Bertz CT molecular complexity index is 1800. The topological polar surface area (TPSA) is 227 Å². The summed E-state index contributed by atoms with van der Waals surface area (Å²) < 4.78 is 29.9. The summed E-state index contributed by atoms with van der Waals surface area (Å²) in [5.74, 6) is -2.71. The van der Waals surface area contributed by atoms with E-state index in [9.17, 15) is 44.8 Å². The maximum absolute atomic E-state index is 13.6. The van der Waals surface area contributed by atoms with Crippen LogP contribution in [0.4, 0.5) is 11.4 Å². The average molecular weight is 861 g/mol. The van der Waals surface area contributed by atoms with Crippen molar-refractivity contribution < 1.29 is 57.8 Å². The van der Waals surface area contributed by atoms with Gasteiger partial charge in [-0.1, -0.05) is 65.8 Å². The van der Waals surface area contributed by atoms with Crippen LogP contribution in [0.1, 0.15) is 112 Å². The Hall–Kier alpha value is -4.29. The SMILES string of the molecule is CC[C@H](OC(=O)c1cc([N+](=O)[O-])cc([N+](=O)[O-])c1)[C@@H](C)[C@@H]1O[C@@H]1C[C@@](C)(O)/C=C/C=C(\C)[C@H]1OC(=O)C[C@H](O[Si](C)(C)C(C)(C)C)CC[C@@](C)(O)[C@@H](OC(C)=O)/C=C\[C@@H]1C. The molecule has 1 aromatic rings. The lowest BCUT2D eigenvalue weighted by molar-refractivity contribution is -0.394. The van der Waals surface area contributed by atoms with Crippen LogP contribution in [0.5, 0.6) is 0 Å². The zero-order chi connectivity index (χ0) is 45.5. The summed E-state index contributed by atoms with van der Waals surface area (Å²) in [6, 6.07) is 2.63. The molecule has 0 spiro atoms. The molecule has 1 aromatic carbocycles. The number of benzene rings is 1. The van der Waals surface area contributed by atoms with Crippen LogP contribution in [-0.2, 0) is 33.0 Å². The van der Waals surface area contributed by atoms with Crippen LogP contribution in [0, 0.1) is 32.1 Å². The molecule has 2 aliphatic heterocycles. The standard InChI is InChI=1S/C43H64N2O14Si/c1-13-34(57-40(48)30-21-31(44(51)52)23-32(22-30)45(53)54)28(4)39-35(56-39)25-42(9,49)19-14-15-26(2)38-27(3)16-17-36(55-29(5)46)43(10,50)20-18-33(24-37(47)58-38)59-60(11,12)41(6,7)8/h14-17,19,21-23,27-28,33-36,38-39,49-50H,13,18,20,24-25H2,1-12H3/b17-16-,19-14+,26-15+/t27-,28+,33+,34-,35+,36-,38+,39-,42-,43+/m0/s1. The third kappa shape index (κ3) is 14.1. The van der Waals surface area contributed by atoms with Crippen LogP contribution in [0.25, 0.3) is 0 Å². The number of rotatable bonds is 15. The monoisotopic (exact) mass is 860 g/mol. The van der Waals surface area contributed by atoms with E-state index in [4.69, 9.17) is 23.4 Å². The van der Waals surface area contributed by atoms with Crippen LogP contribution in [0.2, 0.25) is 18.1 Å². The maximum atomic E-state index is 13.6. The number of nitro groups is 2. The van der Waals surface area contributed by atoms with Crippen molar-refractivity contribution >= 4 is 37.6 Å². The Labute approximate surface area is 353 Å². The van der Waals surface area contributed by atoms with Gasteiger partial charge in [0.25, 0.3) is 11.4 Å². The molecule has 17 heteroatoms. The molecule has 10 atom stereocenters. The normalized spacial score (nSPS) is 28.2. The van der Waals surface area contributed by atoms with Gasteiger partial charge in [-0.2, -0.15) is 0 Å². The van der Waals surface area contributed by atoms with E-state index in [1.807, 2.05) is 13.8 Å². The minimum Gasteiger partial charge on any atom is -0.458 e. The predicted octanol–water partition coefficient (Wildman–Crippen LogP) is 7.85. The molecule has 0 unspecified atom stereocenters.